The second kappa shape index (κ2) is 6.81. The number of aliphatic hydroxyl groups is 1. The van der Waals surface area contributed by atoms with E-state index >= 15 is 0 Å². The van der Waals surface area contributed by atoms with Crippen LogP contribution in [0.5, 0.6) is 0 Å². The van der Waals surface area contributed by atoms with Gasteiger partial charge < -0.3 is 10.4 Å². The molecule has 0 fully saturated rings. The van der Waals surface area contributed by atoms with E-state index in [1.165, 1.54) is 13.0 Å². The zero-order chi connectivity index (χ0) is 15.3. The number of nitrogens with one attached hydrogen (secondary N) is 1. The van der Waals surface area contributed by atoms with Gasteiger partial charge in [0.1, 0.15) is 10.7 Å². The first-order chi connectivity index (χ1) is 9.38. The Morgan fingerprint density at radius 1 is 1.35 bits per heavy atom. The minimum absolute atomic E-state index is 0.0542. The molecular formula is C13H18FNO4S. The Labute approximate surface area is 117 Å². The van der Waals surface area contributed by atoms with Crippen LogP contribution in [0.1, 0.15) is 29.8 Å². The molecule has 1 aromatic rings. The first kappa shape index (κ1) is 16.6. The molecule has 0 spiro atoms. The minimum atomic E-state index is -3.67. The third-order valence-electron chi connectivity index (χ3n) is 2.92. The number of aliphatic hydroxyl groups excluding tert-OH is 1. The van der Waals surface area contributed by atoms with Gasteiger partial charge in [-0.1, -0.05) is 13.8 Å². The highest BCUT2D eigenvalue weighted by Gasteiger charge is 2.23. The van der Waals surface area contributed by atoms with Crippen molar-refractivity contribution < 1.29 is 22.7 Å². The zero-order valence-corrected chi connectivity index (χ0v) is 12.3. The molecule has 0 saturated carbocycles. The van der Waals surface area contributed by atoms with Crippen LogP contribution in [0, 0.1) is 5.82 Å². The molecule has 0 aromatic heterocycles. The first-order valence-electron chi connectivity index (χ1n) is 6.32. The van der Waals surface area contributed by atoms with Crippen molar-refractivity contribution in [2.24, 2.45) is 0 Å². The summed E-state index contributed by atoms with van der Waals surface area (Å²) in [6, 6.07) is 2.42. The molecule has 0 aliphatic rings. The smallest absolute Gasteiger partial charge is 0.251 e. The fourth-order valence-electron chi connectivity index (χ4n) is 1.82. The number of hydrogen-bond donors (Lipinski definition) is 2. The summed E-state index contributed by atoms with van der Waals surface area (Å²) in [7, 11) is -3.67. The second-order valence-corrected chi connectivity index (χ2v) is 6.39. The van der Waals surface area contributed by atoms with E-state index in [-0.39, 0.29) is 41.3 Å². The molecule has 0 bridgehead atoms. The van der Waals surface area contributed by atoms with Crippen LogP contribution >= 0.6 is 0 Å². The Morgan fingerprint density at radius 2 is 2.00 bits per heavy atom. The lowest BCUT2D eigenvalue weighted by Crippen LogP contribution is -2.28. The van der Waals surface area contributed by atoms with E-state index in [4.69, 9.17) is 5.11 Å². The summed E-state index contributed by atoms with van der Waals surface area (Å²) in [6.07, 6.45) is 0.195. The molecule has 0 heterocycles. The van der Waals surface area contributed by atoms with E-state index in [9.17, 15) is 17.6 Å². The maximum atomic E-state index is 14.3. The summed E-state index contributed by atoms with van der Waals surface area (Å²) in [5.74, 6) is -1.61. The van der Waals surface area contributed by atoms with Gasteiger partial charge in [0, 0.05) is 17.7 Å². The summed E-state index contributed by atoms with van der Waals surface area (Å²) in [4.78, 5) is 11.4. The molecule has 20 heavy (non-hydrogen) atoms. The predicted octanol–water partition coefficient (Wildman–Crippen LogP) is 0.904. The molecule has 5 nitrogen and oxygen atoms in total. The van der Waals surface area contributed by atoms with Crippen LogP contribution in [-0.2, 0) is 16.3 Å². The summed E-state index contributed by atoms with van der Waals surface area (Å²) in [6.45, 7) is 2.91. The maximum absolute atomic E-state index is 14.3. The number of benzene rings is 1. The molecule has 0 atom stereocenters. The third-order valence-corrected chi connectivity index (χ3v) is 4.66. The van der Waals surface area contributed by atoms with Gasteiger partial charge in [-0.15, -0.1) is 0 Å². The fraction of sp³-hybridized carbons (Fsp3) is 0.462. The van der Waals surface area contributed by atoms with Crippen molar-refractivity contribution >= 4 is 15.7 Å². The molecule has 1 aromatic carbocycles. The molecule has 1 rings (SSSR count). The third kappa shape index (κ3) is 3.34. The van der Waals surface area contributed by atoms with Gasteiger partial charge in [-0.05, 0) is 18.6 Å². The van der Waals surface area contributed by atoms with E-state index in [0.29, 0.717) is 0 Å². The molecule has 112 valence electrons. The van der Waals surface area contributed by atoms with Gasteiger partial charge in [0.25, 0.3) is 5.91 Å². The lowest BCUT2D eigenvalue weighted by molar-refractivity contribution is 0.0943. The summed E-state index contributed by atoms with van der Waals surface area (Å²) in [5.41, 5.74) is 0.156. The average molecular weight is 303 g/mol. The van der Waals surface area contributed by atoms with Gasteiger partial charge >= 0.3 is 0 Å². The van der Waals surface area contributed by atoms with Crippen LogP contribution in [0.3, 0.4) is 0 Å². The number of sulfone groups is 1. The van der Waals surface area contributed by atoms with Crippen molar-refractivity contribution in [2.45, 2.75) is 25.2 Å². The standard InChI is InChI=1S/C13H18FNO4S/c1-3-9-10(13(17)15-7-8-16)5-6-11(12(9)14)20(18,19)4-2/h5-6,16H,3-4,7-8H2,1-2H3,(H,15,17). The Balaban J connectivity index is 3.32. The number of halogens is 1. The molecule has 2 N–H and O–H groups in total. The van der Waals surface area contributed by atoms with E-state index in [1.807, 2.05) is 0 Å². The number of amides is 1. The highest BCUT2D eigenvalue weighted by atomic mass is 32.2. The van der Waals surface area contributed by atoms with E-state index < -0.39 is 21.6 Å². The highest BCUT2D eigenvalue weighted by Crippen LogP contribution is 2.23. The first-order valence-corrected chi connectivity index (χ1v) is 7.97. The number of hydrogen-bond acceptors (Lipinski definition) is 4. The second-order valence-electron chi connectivity index (χ2n) is 4.14. The fourth-order valence-corrected chi connectivity index (χ4v) is 2.80. The van der Waals surface area contributed by atoms with E-state index in [1.54, 1.807) is 6.92 Å². The van der Waals surface area contributed by atoms with Crippen molar-refractivity contribution in [3.63, 3.8) is 0 Å². The van der Waals surface area contributed by atoms with Crippen molar-refractivity contribution in [1.82, 2.24) is 5.32 Å². The molecule has 1 amide bonds. The average Bonchev–Trinajstić information content (AvgIpc) is 2.43. The zero-order valence-electron chi connectivity index (χ0n) is 11.4. The van der Waals surface area contributed by atoms with Gasteiger partial charge in [0.15, 0.2) is 9.84 Å². The van der Waals surface area contributed by atoms with Crippen molar-refractivity contribution in [2.75, 3.05) is 18.9 Å². The van der Waals surface area contributed by atoms with Crippen LogP contribution in [0.15, 0.2) is 17.0 Å². The summed E-state index contributed by atoms with van der Waals surface area (Å²) < 4.78 is 37.8. The normalized spacial score (nSPS) is 11.4. The van der Waals surface area contributed by atoms with E-state index in [2.05, 4.69) is 5.32 Å². The Bertz CT molecular complexity index is 599. The maximum Gasteiger partial charge on any atom is 0.251 e. The molecule has 0 unspecified atom stereocenters. The largest absolute Gasteiger partial charge is 0.395 e. The van der Waals surface area contributed by atoms with Crippen LogP contribution in [0.2, 0.25) is 0 Å². The van der Waals surface area contributed by atoms with Crippen molar-refractivity contribution in [1.29, 1.82) is 0 Å². The Hall–Kier alpha value is -1.47. The van der Waals surface area contributed by atoms with Crippen LogP contribution in [0.25, 0.3) is 0 Å². The minimum Gasteiger partial charge on any atom is -0.395 e. The predicted molar refractivity (Wildman–Crippen MR) is 72.9 cm³/mol. The quantitative estimate of drug-likeness (QED) is 0.818. The van der Waals surface area contributed by atoms with Crippen LogP contribution in [0.4, 0.5) is 4.39 Å². The molecule has 0 saturated heterocycles. The van der Waals surface area contributed by atoms with Gasteiger partial charge in [0.2, 0.25) is 0 Å². The number of rotatable bonds is 6. The van der Waals surface area contributed by atoms with Crippen molar-refractivity contribution in [3.05, 3.63) is 29.1 Å². The summed E-state index contributed by atoms with van der Waals surface area (Å²) >= 11 is 0. The molecular weight excluding hydrogens is 285 g/mol. The topological polar surface area (TPSA) is 83.5 Å². The van der Waals surface area contributed by atoms with Gasteiger partial charge in [-0.2, -0.15) is 0 Å². The van der Waals surface area contributed by atoms with Crippen LogP contribution < -0.4 is 5.32 Å². The monoisotopic (exact) mass is 303 g/mol. The SMILES string of the molecule is CCc1c(C(=O)NCCO)ccc(S(=O)(=O)CC)c1F. The van der Waals surface area contributed by atoms with Crippen LogP contribution in [-0.4, -0.2) is 38.3 Å². The number of carbonyl (C=O) groups is 1. The molecule has 7 heteroatoms. The Kier molecular flexibility index (Phi) is 5.64. The van der Waals surface area contributed by atoms with Gasteiger partial charge in [-0.25, -0.2) is 12.8 Å². The molecule has 0 aliphatic heterocycles. The Morgan fingerprint density at radius 3 is 2.50 bits per heavy atom. The van der Waals surface area contributed by atoms with Gasteiger partial charge in [-0.3, -0.25) is 4.79 Å². The van der Waals surface area contributed by atoms with Gasteiger partial charge in [0.05, 0.1) is 12.4 Å². The molecule has 0 aliphatic carbocycles. The summed E-state index contributed by atoms with van der Waals surface area (Å²) in [5, 5.41) is 11.1. The van der Waals surface area contributed by atoms with E-state index in [0.717, 1.165) is 6.07 Å². The van der Waals surface area contributed by atoms with Crippen molar-refractivity contribution in [3.8, 4) is 0 Å². The lowest BCUT2D eigenvalue weighted by atomic mass is 10.0. The number of carbonyl (C=O) groups excluding carboxylic acids is 1. The highest BCUT2D eigenvalue weighted by molar-refractivity contribution is 7.91. The lowest BCUT2D eigenvalue weighted by Gasteiger charge is -2.12. The molecule has 0 radical (unpaired) electrons.